The van der Waals surface area contributed by atoms with Crippen molar-refractivity contribution in [2.24, 2.45) is 0 Å². The van der Waals surface area contributed by atoms with Crippen molar-refractivity contribution in [3.8, 4) is 0 Å². The van der Waals surface area contributed by atoms with E-state index in [0.29, 0.717) is 12.1 Å². The van der Waals surface area contributed by atoms with Gasteiger partial charge in [-0.25, -0.2) is 0 Å². The Morgan fingerprint density at radius 1 is 0.652 bits per heavy atom. The van der Waals surface area contributed by atoms with Crippen LogP contribution in [-0.4, -0.2) is 13.1 Å². The van der Waals surface area contributed by atoms with Crippen LogP contribution in [-0.2, 0) is 0 Å². The first kappa shape index (κ1) is 21.9. The Morgan fingerprint density at radius 2 is 1.00 bits per heavy atom. The second-order valence-corrected chi connectivity index (χ2v) is 5.53. The summed E-state index contributed by atoms with van der Waals surface area (Å²) >= 11 is 0. The summed E-state index contributed by atoms with van der Waals surface area (Å²) in [6.07, 6.45) is 1.13. The summed E-state index contributed by atoms with van der Waals surface area (Å²) in [5.74, 6) is 0. The van der Waals surface area contributed by atoms with Gasteiger partial charge in [-0.15, -0.1) is 24.8 Å². The molecular formula is C19H28Cl2N2. The minimum absolute atomic E-state index is 0. The molecule has 2 N–H and O–H groups in total. The molecule has 0 aromatic heterocycles. The zero-order chi connectivity index (χ0) is 14.9. The molecular weight excluding hydrogens is 327 g/mol. The van der Waals surface area contributed by atoms with E-state index in [1.165, 1.54) is 11.1 Å². The molecule has 0 aliphatic rings. The number of rotatable bonds is 8. The molecule has 0 saturated carbocycles. The van der Waals surface area contributed by atoms with Crippen LogP contribution in [0.25, 0.3) is 0 Å². The fourth-order valence-electron chi connectivity index (χ4n) is 2.44. The highest BCUT2D eigenvalue weighted by molar-refractivity contribution is 5.85. The quantitative estimate of drug-likeness (QED) is 0.657. The fourth-order valence-corrected chi connectivity index (χ4v) is 2.44. The van der Waals surface area contributed by atoms with Gasteiger partial charge in [0, 0.05) is 12.1 Å². The van der Waals surface area contributed by atoms with Gasteiger partial charge in [0.15, 0.2) is 0 Å². The van der Waals surface area contributed by atoms with Crippen molar-refractivity contribution < 1.29 is 0 Å². The maximum absolute atomic E-state index is 3.57. The van der Waals surface area contributed by atoms with Crippen LogP contribution < -0.4 is 10.6 Å². The van der Waals surface area contributed by atoms with E-state index in [-0.39, 0.29) is 24.8 Å². The molecule has 0 heterocycles. The number of nitrogens with one attached hydrogen (secondary N) is 2. The minimum Gasteiger partial charge on any atom is -0.310 e. The molecule has 0 aliphatic heterocycles. The van der Waals surface area contributed by atoms with Gasteiger partial charge in [-0.3, -0.25) is 0 Å². The van der Waals surface area contributed by atoms with Crippen molar-refractivity contribution in [3.63, 3.8) is 0 Å². The molecule has 128 valence electrons. The second-order valence-electron chi connectivity index (χ2n) is 5.53. The molecule has 2 aromatic carbocycles. The maximum atomic E-state index is 3.57. The van der Waals surface area contributed by atoms with Crippen molar-refractivity contribution in [2.45, 2.75) is 32.4 Å². The highest BCUT2D eigenvalue weighted by Gasteiger charge is 2.04. The van der Waals surface area contributed by atoms with Gasteiger partial charge in [0.1, 0.15) is 0 Å². The first-order chi connectivity index (χ1) is 10.3. The van der Waals surface area contributed by atoms with Crippen molar-refractivity contribution in [1.82, 2.24) is 10.6 Å². The average molecular weight is 355 g/mol. The summed E-state index contributed by atoms with van der Waals surface area (Å²) in [5, 5.41) is 7.14. The third-order valence-corrected chi connectivity index (χ3v) is 3.85. The highest BCUT2D eigenvalue weighted by Crippen LogP contribution is 2.12. The van der Waals surface area contributed by atoms with Crippen LogP contribution in [0.4, 0.5) is 0 Å². The number of halogens is 2. The third-order valence-electron chi connectivity index (χ3n) is 3.85. The van der Waals surface area contributed by atoms with E-state index in [0.717, 1.165) is 19.5 Å². The maximum Gasteiger partial charge on any atom is 0.0291 e. The highest BCUT2D eigenvalue weighted by atomic mass is 35.5. The van der Waals surface area contributed by atoms with Gasteiger partial charge in [-0.05, 0) is 44.5 Å². The standard InChI is InChI=1S/C19H26N2.2ClH/c1-16(18-10-5-3-6-11-18)20-14-9-15-21-17(2)19-12-7-4-8-13-19;;/h3-8,10-13,16-17,20-21H,9,14-15H2,1-2H3;2*1H/t16-,17-;;/m1../s1. The number of hydrogen-bond acceptors (Lipinski definition) is 2. The summed E-state index contributed by atoms with van der Waals surface area (Å²) < 4.78 is 0. The predicted octanol–water partition coefficient (Wildman–Crippen LogP) is 4.92. The molecule has 0 spiro atoms. The molecule has 2 nitrogen and oxygen atoms in total. The van der Waals surface area contributed by atoms with E-state index in [4.69, 9.17) is 0 Å². The van der Waals surface area contributed by atoms with Crippen LogP contribution in [0.2, 0.25) is 0 Å². The third kappa shape index (κ3) is 7.85. The van der Waals surface area contributed by atoms with E-state index in [9.17, 15) is 0 Å². The van der Waals surface area contributed by atoms with Crippen molar-refractivity contribution in [2.75, 3.05) is 13.1 Å². The molecule has 2 rings (SSSR count). The van der Waals surface area contributed by atoms with Crippen molar-refractivity contribution in [1.29, 1.82) is 0 Å². The van der Waals surface area contributed by atoms with Crippen molar-refractivity contribution >= 4 is 24.8 Å². The normalized spacial score (nSPS) is 12.6. The Balaban J connectivity index is 0.00000242. The van der Waals surface area contributed by atoms with Crippen LogP contribution in [0, 0.1) is 0 Å². The fraction of sp³-hybridized carbons (Fsp3) is 0.368. The average Bonchev–Trinajstić information content (AvgIpc) is 2.55. The lowest BCUT2D eigenvalue weighted by Gasteiger charge is -2.16. The molecule has 0 aliphatic carbocycles. The van der Waals surface area contributed by atoms with Crippen LogP contribution in [0.5, 0.6) is 0 Å². The van der Waals surface area contributed by atoms with Gasteiger partial charge >= 0.3 is 0 Å². The molecule has 0 amide bonds. The molecule has 0 saturated heterocycles. The summed E-state index contributed by atoms with van der Waals surface area (Å²) in [6.45, 7) is 6.50. The monoisotopic (exact) mass is 354 g/mol. The summed E-state index contributed by atoms with van der Waals surface area (Å²) in [6, 6.07) is 22.0. The second kappa shape index (κ2) is 12.4. The van der Waals surface area contributed by atoms with E-state index < -0.39 is 0 Å². The van der Waals surface area contributed by atoms with Gasteiger partial charge < -0.3 is 10.6 Å². The molecule has 0 fully saturated rings. The lowest BCUT2D eigenvalue weighted by atomic mass is 10.1. The smallest absolute Gasteiger partial charge is 0.0291 e. The Kier molecular flexibility index (Phi) is 11.8. The predicted molar refractivity (Wildman–Crippen MR) is 105 cm³/mol. The summed E-state index contributed by atoms with van der Waals surface area (Å²) in [4.78, 5) is 0. The lowest BCUT2D eigenvalue weighted by molar-refractivity contribution is 0.511. The summed E-state index contributed by atoms with van der Waals surface area (Å²) in [7, 11) is 0. The van der Waals surface area contributed by atoms with E-state index in [1.54, 1.807) is 0 Å². The molecule has 23 heavy (non-hydrogen) atoms. The topological polar surface area (TPSA) is 24.1 Å². The minimum atomic E-state index is 0. The first-order valence-corrected chi connectivity index (χ1v) is 7.84. The van der Waals surface area contributed by atoms with Crippen LogP contribution in [0.1, 0.15) is 43.5 Å². The Labute approximate surface area is 152 Å². The van der Waals surface area contributed by atoms with Crippen molar-refractivity contribution in [3.05, 3.63) is 71.8 Å². The van der Waals surface area contributed by atoms with Crippen LogP contribution in [0.3, 0.4) is 0 Å². The Hall–Kier alpha value is -1.06. The van der Waals surface area contributed by atoms with Gasteiger partial charge in [-0.2, -0.15) is 0 Å². The van der Waals surface area contributed by atoms with E-state index >= 15 is 0 Å². The first-order valence-electron chi connectivity index (χ1n) is 7.84. The molecule has 0 unspecified atom stereocenters. The Morgan fingerprint density at radius 3 is 1.35 bits per heavy atom. The van der Waals surface area contributed by atoms with Gasteiger partial charge in [0.05, 0.1) is 0 Å². The van der Waals surface area contributed by atoms with Gasteiger partial charge in [0.2, 0.25) is 0 Å². The molecule has 0 bridgehead atoms. The molecule has 4 heteroatoms. The van der Waals surface area contributed by atoms with E-state index in [2.05, 4.69) is 85.1 Å². The van der Waals surface area contributed by atoms with Gasteiger partial charge in [0.25, 0.3) is 0 Å². The zero-order valence-electron chi connectivity index (χ0n) is 13.9. The number of benzene rings is 2. The summed E-state index contributed by atoms with van der Waals surface area (Å²) in [5.41, 5.74) is 2.70. The van der Waals surface area contributed by atoms with Gasteiger partial charge in [-0.1, -0.05) is 60.7 Å². The molecule has 2 aromatic rings. The lowest BCUT2D eigenvalue weighted by Crippen LogP contribution is -2.25. The number of hydrogen-bond donors (Lipinski definition) is 2. The van der Waals surface area contributed by atoms with E-state index in [1.807, 2.05) is 0 Å². The molecule has 0 radical (unpaired) electrons. The largest absolute Gasteiger partial charge is 0.310 e. The molecule has 2 atom stereocenters. The SMILES string of the molecule is C[C@@H](NCCCN[C@H](C)c1ccccc1)c1ccccc1.Cl.Cl. The van der Waals surface area contributed by atoms with Crippen LogP contribution in [0.15, 0.2) is 60.7 Å². The Bertz CT molecular complexity index is 458. The zero-order valence-corrected chi connectivity index (χ0v) is 15.5. The van der Waals surface area contributed by atoms with Crippen LogP contribution >= 0.6 is 24.8 Å².